The van der Waals surface area contributed by atoms with Gasteiger partial charge in [-0.25, -0.2) is 4.39 Å². The van der Waals surface area contributed by atoms with Gasteiger partial charge in [0.2, 0.25) is 0 Å². The van der Waals surface area contributed by atoms with Crippen molar-refractivity contribution < 1.29 is 9.13 Å². The summed E-state index contributed by atoms with van der Waals surface area (Å²) in [6, 6.07) is 3.36. The number of benzene rings is 1. The average Bonchev–Trinajstić information content (AvgIpc) is 2.19. The molecule has 2 nitrogen and oxygen atoms in total. The third kappa shape index (κ3) is 2.69. The second kappa shape index (κ2) is 5.32. The summed E-state index contributed by atoms with van der Waals surface area (Å²) < 4.78 is 18.7. The highest BCUT2D eigenvalue weighted by atomic mass is 79.9. The van der Waals surface area contributed by atoms with Crippen molar-refractivity contribution in [2.24, 2.45) is 0 Å². The topological polar surface area (TPSA) is 21.3 Å². The Balaban J connectivity index is 2.91. The molecule has 1 N–H and O–H groups in total. The first-order valence-electron chi connectivity index (χ1n) is 4.35. The molecule has 1 aromatic rings. The summed E-state index contributed by atoms with van der Waals surface area (Å²) in [5, 5.41) is 3.01. The maximum Gasteiger partial charge on any atom is 0.141 e. The molecule has 0 amide bonds. The van der Waals surface area contributed by atoms with Crippen LogP contribution in [-0.4, -0.2) is 20.7 Å². The molecular formula is C10H13BrFNO. The SMILES string of the molecule is CNCCc1cc(F)c(Br)c(OC)c1. The summed E-state index contributed by atoms with van der Waals surface area (Å²) in [4.78, 5) is 0. The van der Waals surface area contributed by atoms with Crippen LogP contribution in [0.3, 0.4) is 0 Å². The van der Waals surface area contributed by atoms with Gasteiger partial charge in [-0.3, -0.25) is 0 Å². The van der Waals surface area contributed by atoms with Crippen molar-refractivity contribution in [3.05, 3.63) is 28.0 Å². The van der Waals surface area contributed by atoms with Crippen LogP contribution in [0.2, 0.25) is 0 Å². The van der Waals surface area contributed by atoms with Crippen molar-refractivity contribution in [2.75, 3.05) is 20.7 Å². The minimum Gasteiger partial charge on any atom is -0.495 e. The molecule has 0 radical (unpaired) electrons. The van der Waals surface area contributed by atoms with Gasteiger partial charge in [0.25, 0.3) is 0 Å². The number of hydrogen-bond acceptors (Lipinski definition) is 2. The minimum absolute atomic E-state index is 0.282. The van der Waals surface area contributed by atoms with E-state index < -0.39 is 0 Å². The summed E-state index contributed by atoms with van der Waals surface area (Å²) in [6.07, 6.45) is 0.789. The van der Waals surface area contributed by atoms with Crippen molar-refractivity contribution in [1.29, 1.82) is 0 Å². The average molecular weight is 262 g/mol. The number of hydrogen-bond donors (Lipinski definition) is 1. The van der Waals surface area contributed by atoms with E-state index in [1.54, 1.807) is 0 Å². The van der Waals surface area contributed by atoms with Crippen LogP contribution in [0.1, 0.15) is 5.56 Å². The molecule has 0 aliphatic rings. The Labute approximate surface area is 91.6 Å². The fourth-order valence-corrected chi connectivity index (χ4v) is 1.57. The normalized spacial score (nSPS) is 10.3. The molecule has 1 rings (SSSR count). The highest BCUT2D eigenvalue weighted by Gasteiger charge is 2.08. The Morgan fingerprint density at radius 3 is 2.79 bits per heavy atom. The molecule has 0 aliphatic carbocycles. The second-order valence-electron chi connectivity index (χ2n) is 2.95. The van der Waals surface area contributed by atoms with Crippen LogP contribution in [0.15, 0.2) is 16.6 Å². The first-order valence-corrected chi connectivity index (χ1v) is 5.15. The predicted octanol–water partition coefficient (Wildman–Crippen LogP) is 2.36. The van der Waals surface area contributed by atoms with Gasteiger partial charge >= 0.3 is 0 Å². The summed E-state index contributed by atoms with van der Waals surface area (Å²) in [7, 11) is 3.40. The van der Waals surface area contributed by atoms with Crippen LogP contribution in [0, 0.1) is 5.82 Å². The molecule has 0 atom stereocenters. The molecule has 0 bridgehead atoms. The number of methoxy groups -OCH3 is 1. The van der Waals surface area contributed by atoms with Gasteiger partial charge < -0.3 is 10.1 Å². The number of rotatable bonds is 4. The van der Waals surface area contributed by atoms with Crippen molar-refractivity contribution in [1.82, 2.24) is 5.32 Å². The van der Waals surface area contributed by atoms with Crippen molar-refractivity contribution in [3.8, 4) is 5.75 Å². The van der Waals surface area contributed by atoms with Crippen LogP contribution in [0.25, 0.3) is 0 Å². The van der Waals surface area contributed by atoms with Crippen LogP contribution >= 0.6 is 15.9 Å². The van der Waals surface area contributed by atoms with Gasteiger partial charge in [0, 0.05) is 0 Å². The Bertz CT molecular complexity index is 317. The van der Waals surface area contributed by atoms with Crippen molar-refractivity contribution >= 4 is 15.9 Å². The van der Waals surface area contributed by atoms with Gasteiger partial charge in [-0.15, -0.1) is 0 Å². The van der Waals surface area contributed by atoms with Crippen LogP contribution in [0.5, 0.6) is 5.75 Å². The van der Waals surface area contributed by atoms with E-state index in [2.05, 4.69) is 21.2 Å². The van der Waals surface area contributed by atoms with E-state index in [0.717, 1.165) is 18.5 Å². The molecule has 1 aromatic carbocycles. The zero-order valence-corrected chi connectivity index (χ0v) is 9.82. The molecular weight excluding hydrogens is 249 g/mol. The Hall–Kier alpha value is -0.610. The number of likely N-dealkylation sites (N-methyl/N-ethyl adjacent to an activating group) is 1. The number of nitrogens with one attached hydrogen (secondary N) is 1. The maximum absolute atomic E-state index is 13.3. The van der Waals surface area contributed by atoms with E-state index in [-0.39, 0.29) is 5.82 Å². The number of halogens is 2. The maximum atomic E-state index is 13.3. The zero-order valence-electron chi connectivity index (χ0n) is 8.23. The molecule has 14 heavy (non-hydrogen) atoms. The lowest BCUT2D eigenvalue weighted by Gasteiger charge is -2.07. The van der Waals surface area contributed by atoms with Crippen molar-refractivity contribution in [3.63, 3.8) is 0 Å². The monoisotopic (exact) mass is 261 g/mol. The highest BCUT2D eigenvalue weighted by molar-refractivity contribution is 9.10. The van der Waals surface area contributed by atoms with E-state index in [9.17, 15) is 4.39 Å². The van der Waals surface area contributed by atoms with Gasteiger partial charge in [-0.2, -0.15) is 0 Å². The lowest BCUT2D eigenvalue weighted by Crippen LogP contribution is -2.10. The molecule has 0 spiro atoms. The molecule has 4 heteroatoms. The summed E-state index contributed by atoms with van der Waals surface area (Å²) in [5.74, 6) is 0.256. The first-order chi connectivity index (χ1) is 6.69. The number of ether oxygens (including phenoxy) is 1. The van der Waals surface area contributed by atoms with Gasteiger partial charge in [-0.1, -0.05) is 0 Å². The molecule has 0 aromatic heterocycles. The van der Waals surface area contributed by atoms with Gasteiger partial charge in [0.1, 0.15) is 11.6 Å². The predicted molar refractivity (Wildman–Crippen MR) is 58.3 cm³/mol. The molecule has 0 fully saturated rings. The minimum atomic E-state index is -0.282. The van der Waals surface area contributed by atoms with E-state index in [1.807, 2.05) is 13.1 Å². The van der Waals surface area contributed by atoms with E-state index in [4.69, 9.17) is 4.74 Å². The highest BCUT2D eigenvalue weighted by Crippen LogP contribution is 2.29. The largest absolute Gasteiger partial charge is 0.495 e. The lowest BCUT2D eigenvalue weighted by atomic mass is 10.1. The molecule has 0 unspecified atom stereocenters. The summed E-state index contributed by atoms with van der Waals surface area (Å²) in [6.45, 7) is 0.824. The third-order valence-electron chi connectivity index (χ3n) is 1.94. The van der Waals surface area contributed by atoms with E-state index in [0.29, 0.717) is 10.2 Å². The van der Waals surface area contributed by atoms with Crippen molar-refractivity contribution in [2.45, 2.75) is 6.42 Å². The quantitative estimate of drug-likeness (QED) is 0.899. The fourth-order valence-electron chi connectivity index (χ4n) is 1.18. The smallest absolute Gasteiger partial charge is 0.141 e. The first kappa shape index (κ1) is 11.5. The van der Waals surface area contributed by atoms with Crippen LogP contribution in [0.4, 0.5) is 4.39 Å². The van der Waals surface area contributed by atoms with E-state index in [1.165, 1.54) is 13.2 Å². The second-order valence-corrected chi connectivity index (χ2v) is 3.74. The molecule has 78 valence electrons. The van der Waals surface area contributed by atoms with Gasteiger partial charge in [0.15, 0.2) is 0 Å². The van der Waals surface area contributed by atoms with Gasteiger partial charge in [-0.05, 0) is 53.6 Å². The standard InChI is InChI=1S/C10H13BrFNO/c1-13-4-3-7-5-8(12)10(11)9(6-7)14-2/h5-6,13H,3-4H2,1-2H3. The zero-order chi connectivity index (χ0) is 10.6. The fraction of sp³-hybridized carbons (Fsp3) is 0.400. The third-order valence-corrected chi connectivity index (χ3v) is 2.71. The summed E-state index contributed by atoms with van der Waals surface area (Å²) >= 11 is 3.13. The Morgan fingerprint density at radius 2 is 2.21 bits per heavy atom. The molecule has 0 saturated carbocycles. The molecule has 0 saturated heterocycles. The molecule has 0 heterocycles. The Morgan fingerprint density at radius 1 is 1.50 bits per heavy atom. The lowest BCUT2D eigenvalue weighted by molar-refractivity contribution is 0.407. The van der Waals surface area contributed by atoms with E-state index >= 15 is 0 Å². The molecule has 0 aliphatic heterocycles. The van der Waals surface area contributed by atoms with Gasteiger partial charge in [0.05, 0.1) is 11.6 Å². The Kier molecular flexibility index (Phi) is 4.35. The summed E-state index contributed by atoms with van der Waals surface area (Å²) in [5.41, 5.74) is 0.928. The van der Waals surface area contributed by atoms with Crippen LogP contribution in [-0.2, 0) is 6.42 Å². The van der Waals surface area contributed by atoms with Crippen LogP contribution < -0.4 is 10.1 Å².